The summed E-state index contributed by atoms with van der Waals surface area (Å²) in [6.45, 7) is 0.624. The molecular formula is C8H8BrN5S. The van der Waals surface area contributed by atoms with Crippen LogP contribution in [0.5, 0.6) is 0 Å². The van der Waals surface area contributed by atoms with Crippen molar-refractivity contribution in [3.63, 3.8) is 0 Å². The Hall–Kier alpha value is -1.21. The van der Waals surface area contributed by atoms with Crippen molar-refractivity contribution in [1.29, 1.82) is 0 Å². The number of aromatic nitrogens is 3. The molecule has 0 atom stereocenters. The normalized spacial score (nSPS) is 10.2. The highest BCUT2D eigenvalue weighted by molar-refractivity contribution is 9.10. The Kier molecular flexibility index (Phi) is 3.12. The summed E-state index contributed by atoms with van der Waals surface area (Å²) in [6.07, 6.45) is 1.42. The highest BCUT2D eigenvalue weighted by Crippen LogP contribution is 2.24. The maximum atomic E-state index is 5.62. The van der Waals surface area contributed by atoms with Crippen molar-refractivity contribution in [2.75, 3.05) is 11.1 Å². The van der Waals surface area contributed by atoms with E-state index in [2.05, 4.69) is 36.2 Å². The predicted molar refractivity (Wildman–Crippen MR) is 63.6 cm³/mol. The molecule has 0 saturated heterocycles. The highest BCUT2D eigenvalue weighted by atomic mass is 79.9. The summed E-state index contributed by atoms with van der Waals surface area (Å²) >= 11 is 4.88. The second-order valence-electron chi connectivity index (χ2n) is 2.75. The molecule has 0 spiro atoms. The number of hydrogen-bond acceptors (Lipinski definition) is 6. The SMILES string of the molecule is Nc1ncnc(NCc2cscn2)c1Br. The number of anilines is 2. The monoisotopic (exact) mass is 285 g/mol. The average Bonchev–Trinajstić information content (AvgIpc) is 2.73. The molecule has 7 heteroatoms. The Morgan fingerprint density at radius 2 is 2.27 bits per heavy atom. The fourth-order valence-corrected chi connectivity index (χ4v) is 1.91. The first-order valence-electron chi connectivity index (χ1n) is 4.14. The van der Waals surface area contributed by atoms with Gasteiger partial charge >= 0.3 is 0 Å². The van der Waals surface area contributed by atoms with Crippen LogP contribution < -0.4 is 11.1 Å². The minimum Gasteiger partial charge on any atom is -0.383 e. The van der Waals surface area contributed by atoms with Crippen LogP contribution in [-0.4, -0.2) is 15.0 Å². The van der Waals surface area contributed by atoms with Crippen molar-refractivity contribution in [2.24, 2.45) is 0 Å². The quantitative estimate of drug-likeness (QED) is 0.901. The van der Waals surface area contributed by atoms with Crippen molar-refractivity contribution < 1.29 is 0 Å². The van der Waals surface area contributed by atoms with Crippen LogP contribution in [0.15, 0.2) is 21.7 Å². The molecule has 15 heavy (non-hydrogen) atoms. The maximum Gasteiger partial charge on any atom is 0.146 e. The van der Waals surface area contributed by atoms with Gasteiger partial charge in [0, 0.05) is 5.38 Å². The lowest BCUT2D eigenvalue weighted by atomic mass is 10.4. The molecule has 0 aliphatic heterocycles. The molecule has 78 valence electrons. The summed E-state index contributed by atoms with van der Waals surface area (Å²) in [5.41, 5.74) is 8.39. The predicted octanol–water partition coefficient (Wildman–Crippen LogP) is 1.89. The van der Waals surface area contributed by atoms with Crippen LogP contribution in [0, 0.1) is 0 Å². The molecule has 0 radical (unpaired) electrons. The van der Waals surface area contributed by atoms with Gasteiger partial charge in [-0.3, -0.25) is 0 Å². The van der Waals surface area contributed by atoms with Crippen LogP contribution in [0.25, 0.3) is 0 Å². The van der Waals surface area contributed by atoms with Crippen molar-refractivity contribution in [1.82, 2.24) is 15.0 Å². The third-order valence-corrected chi connectivity index (χ3v) is 3.15. The van der Waals surface area contributed by atoms with Crippen LogP contribution >= 0.6 is 27.3 Å². The summed E-state index contributed by atoms with van der Waals surface area (Å²) in [5, 5.41) is 5.10. The second-order valence-corrected chi connectivity index (χ2v) is 4.27. The zero-order valence-corrected chi connectivity index (χ0v) is 10.0. The Morgan fingerprint density at radius 3 is 3.00 bits per heavy atom. The van der Waals surface area contributed by atoms with E-state index >= 15 is 0 Å². The molecule has 2 aromatic heterocycles. The molecule has 3 N–H and O–H groups in total. The van der Waals surface area contributed by atoms with Gasteiger partial charge in [0.05, 0.1) is 17.7 Å². The Morgan fingerprint density at radius 1 is 1.40 bits per heavy atom. The molecule has 0 aromatic carbocycles. The summed E-state index contributed by atoms with van der Waals surface area (Å²) in [4.78, 5) is 12.1. The highest BCUT2D eigenvalue weighted by Gasteiger charge is 2.05. The first-order chi connectivity index (χ1) is 7.27. The van der Waals surface area contributed by atoms with Gasteiger partial charge in [-0.15, -0.1) is 11.3 Å². The first kappa shape index (κ1) is 10.3. The molecule has 2 rings (SSSR count). The Bertz CT molecular complexity index is 444. The standard InChI is InChI=1S/C8H8BrN5S/c9-6-7(10)12-3-13-8(6)11-1-5-2-15-4-14-5/h2-4H,1H2,(H3,10,11,12,13). The molecule has 0 aliphatic carbocycles. The van der Waals surface area contributed by atoms with E-state index in [-0.39, 0.29) is 0 Å². The summed E-state index contributed by atoms with van der Waals surface area (Å²) in [5.74, 6) is 1.10. The Labute approximate surface area is 98.9 Å². The van der Waals surface area contributed by atoms with Crippen LogP contribution in [-0.2, 0) is 6.54 Å². The third kappa shape index (κ3) is 2.42. The van der Waals surface area contributed by atoms with Crippen LogP contribution in [0.2, 0.25) is 0 Å². The number of nitrogens with zero attached hydrogens (tertiary/aromatic N) is 3. The molecule has 2 heterocycles. The van der Waals surface area contributed by atoms with Crippen LogP contribution in [0.4, 0.5) is 11.6 Å². The second kappa shape index (κ2) is 4.54. The minimum absolute atomic E-state index is 0.422. The van der Waals surface area contributed by atoms with Crippen molar-refractivity contribution >= 4 is 38.9 Å². The number of nitrogens with two attached hydrogens (primary N) is 1. The summed E-state index contributed by atoms with van der Waals surface area (Å²) in [6, 6.07) is 0. The molecule has 0 saturated carbocycles. The number of nitrogens with one attached hydrogen (secondary N) is 1. The van der Waals surface area contributed by atoms with Gasteiger partial charge in [-0.25, -0.2) is 15.0 Å². The number of thiazole rings is 1. The van der Waals surface area contributed by atoms with E-state index in [1.807, 2.05) is 5.38 Å². The van der Waals surface area contributed by atoms with Crippen LogP contribution in [0.3, 0.4) is 0 Å². The lowest BCUT2D eigenvalue weighted by Gasteiger charge is -2.06. The van der Waals surface area contributed by atoms with Gasteiger partial charge < -0.3 is 11.1 Å². The minimum atomic E-state index is 0.422. The molecule has 0 unspecified atom stereocenters. The topological polar surface area (TPSA) is 76.7 Å². The number of nitrogen functional groups attached to an aromatic ring is 1. The van der Waals surface area contributed by atoms with E-state index < -0.39 is 0 Å². The van der Waals surface area contributed by atoms with Gasteiger partial charge in [0.1, 0.15) is 22.4 Å². The van der Waals surface area contributed by atoms with E-state index in [0.29, 0.717) is 22.7 Å². The van der Waals surface area contributed by atoms with E-state index in [1.165, 1.54) is 6.33 Å². The Balaban J connectivity index is 2.08. The van der Waals surface area contributed by atoms with Crippen LogP contribution in [0.1, 0.15) is 5.69 Å². The maximum absolute atomic E-state index is 5.62. The van der Waals surface area contributed by atoms with Gasteiger partial charge in [0.25, 0.3) is 0 Å². The van der Waals surface area contributed by atoms with Crippen molar-refractivity contribution in [3.8, 4) is 0 Å². The van der Waals surface area contributed by atoms with Gasteiger partial charge in [0.15, 0.2) is 0 Å². The van der Waals surface area contributed by atoms with E-state index in [4.69, 9.17) is 5.73 Å². The average molecular weight is 286 g/mol. The van der Waals surface area contributed by atoms with Gasteiger partial charge in [-0.2, -0.15) is 0 Å². The smallest absolute Gasteiger partial charge is 0.146 e. The van der Waals surface area contributed by atoms with Gasteiger partial charge in [0.2, 0.25) is 0 Å². The molecule has 2 aromatic rings. The number of halogens is 1. The lowest BCUT2D eigenvalue weighted by Crippen LogP contribution is -2.04. The van der Waals surface area contributed by atoms with Crippen molar-refractivity contribution in [2.45, 2.75) is 6.54 Å². The fourth-order valence-electron chi connectivity index (χ4n) is 1.01. The fraction of sp³-hybridized carbons (Fsp3) is 0.125. The van der Waals surface area contributed by atoms with E-state index in [1.54, 1.807) is 16.8 Å². The van der Waals surface area contributed by atoms with Crippen molar-refractivity contribution in [3.05, 3.63) is 27.4 Å². The zero-order chi connectivity index (χ0) is 10.7. The van der Waals surface area contributed by atoms with E-state index in [0.717, 1.165) is 5.69 Å². The molecule has 0 aliphatic rings. The summed E-state index contributed by atoms with van der Waals surface area (Å²) in [7, 11) is 0. The molecular weight excluding hydrogens is 278 g/mol. The first-order valence-corrected chi connectivity index (χ1v) is 5.88. The number of rotatable bonds is 3. The molecule has 0 bridgehead atoms. The van der Waals surface area contributed by atoms with Gasteiger partial charge in [-0.1, -0.05) is 0 Å². The zero-order valence-electron chi connectivity index (χ0n) is 7.64. The molecule has 0 fully saturated rings. The molecule has 0 amide bonds. The van der Waals surface area contributed by atoms with Gasteiger partial charge in [-0.05, 0) is 15.9 Å². The molecule has 5 nitrogen and oxygen atoms in total. The lowest BCUT2D eigenvalue weighted by molar-refractivity contribution is 1.04. The summed E-state index contributed by atoms with van der Waals surface area (Å²) < 4.78 is 0.681. The third-order valence-electron chi connectivity index (χ3n) is 1.74. The number of hydrogen-bond donors (Lipinski definition) is 2. The van der Waals surface area contributed by atoms with E-state index in [9.17, 15) is 0 Å². The largest absolute Gasteiger partial charge is 0.383 e.